The van der Waals surface area contributed by atoms with Gasteiger partial charge in [0.1, 0.15) is 6.54 Å². The molecule has 1 aromatic rings. The Morgan fingerprint density at radius 3 is 2.24 bits per heavy atom. The number of carbonyl (C=O) groups excluding carboxylic acids is 1. The van der Waals surface area contributed by atoms with E-state index in [4.69, 9.17) is 5.11 Å². The van der Waals surface area contributed by atoms with Gasteiger partial charge in [-0.05, 0) is 32.3 Å². The van der Waals surface area contributed by atoms with Gasteiger partial charge in [-0.2, -0.15) is 0 Å². The minimum atomic E-state index is -0.960. The highest BCUT2D eigenvalue weighted by molar-refractivity contribution is 5.91. The van der Waals surface area contributed by atoms with Gasteiger partial charge < -0.3 is 10.0 Å². The van der Waals surface area contributed by atoms with Gasteiger partial charge in [0, 0.05) is 6.04 Å². The quantitative estimate of drug-likeness (QED) is 0.906. The summed E-state index contributed by atoms with van der Waals surface area (Å²) in [6.07, 6.45) is 3.64. The Kier molecular flexibility index (Phi) is 4.66. The lowest BCUT2D eigenvalue weighted by molar-refractivity contribution is -0.148. The van der Waals surface area contributed by atoms with Crippen molar-refractivity contribution >= 4 is 11.9 Å². The molecule has 1 N–H and O–H groups in total. The van der Waals surface area contributed by atoms with Crippen LogP contribution >= 0.6 is 0 Å². The molecule has 114 valence electrons. The Morgan fingerprint density at radius 1 is 1.19 bits per heavy atom. The lowest BCUT2D eigenvalue weighted by atomic mass is 9.77. The minimum absolute atomic E-state index is 0.0383. The number of benzene rings is 1. The SMILES string of the molecule is CC(C)N(CC(=O)O)C(=O)C1(c2ccccc2)CCCC1. The molecular formula is C17H23NO3. The van der Waals surface area contributed by atoms with Gasteiger partial charge in [0.2, 0.25) is 5.91 Å². The van der Waals surface area contributed by atoms with E-state index in [0.717, 1.165) is 31.2 Å². The zero-order valence-corrected chi connectivity index (χ0v) is 12.7. The maximum Gasteiger partial charge on any atom is 0.323 e. The Morgan fingerprint density at radius 2 is 1.76 bits per heavy atom. The molecule has 1 fully saturated rings. The van der Waals surface area contributed by atoms with E-state index in [1.807, 2.05) is 44.2 Å². The summed E-state index contributed by atoms with van der Waals surface area (Å²) in [6, 6.07) is 9.69. The van der Waals surface area contributed by atoms with Crippen molar-refractivity contribution in [2.24, 2.45) is 0 Å². The fraction of sp³-hybridized carbons (Fsp3) is 0.529. The topological polar surface area (TPSA) is 57.6 Å². The normalized spacial score (nSPS) is 16.9. The summed E-state index contributed by atoms with van der Waals surface area (Å²) in [4.78, 5) is 25.7. The number of amides is 1. The number of hydrogen-bond donors (Lipinski definition) is 1. The van der Waals surface area contributed by atoms with Gasteiger partial charge in [0.05, 0.1) is 5.41 Å². The van der Waals surface area contributed by atoms with Gasteiger partial charge in [0.15, 0.2) is 0 Å². The average molecular weight is 289 g/mol. The molecule has 0 aliphatic heterocycles. The Bertz CT molecular complexity index is 504. The van der Waals surface area contributed by atoms with Crippen molar-refractivity contribution in [1.82, 2.24) is 4.90 Å². The van der Waals surface area contributed by atoms with Gasteiger partial charge >= 0.3 is 5.97 Å². The third-order valence-corrected chi connectivity index (χ3v) is 4.38. The van der Waals surface area contributed by atoms with Gasteiger partial charge in [0.25, 0.3) is 0 Å². The second kappa shape index (κ2) is 6.29. The number of carboxylic acids is 1. The molecule has 2 rings (SSSR count). The van der Waals surface area contributed by atoms with Crippen molar-refractivity contribution in [2.45, 2.75) is 51.0 Å². The Hall–Kier alpha value is -1.84. The molecule has 0 radical (unpaired) electrons. The highest BCUT2D eigenvalue weighted by atomic mass is 16.4. The second-order valence-electron chi connectivity index (χ2n) is 6.08. The van der Waals surface area contributed by atoms with Crippen molar-refractivity contribution < 1.29 is 14.7 Å². The van der Waals surface area contributed by atoms with E-state index in [-0.39, 0.29) is 18.5 Å². The van der Waals surface area contributed by atoms with Gasteiger partial charge in [-0.15, -0.1) is 0 Å². The first kappa shape index (κ1) is 15.5. The Labute approximate surface area is 125 Å². The summed E-state index contributed by atoms with van der Waals surface area (Å²) >= 11 is 0. The summed E-state index contributed by atoms with van der Waals surface area (Å²) in [5, 5.41) is 9.09. The molecule has 21 heavy (non-hydrogen) atoms. The van der Waals surface area contributed by atoms with Crippen LogP contribution in [0.15, 0.2) is 30.3 Å². The monoisotopic (exact) mass is 289 g/mol. The Balaban J connectivity index is 2.37. The van der Waals surface area contributed by atoms with Crippen LogP contribution in [-0.2, 0) is 15.0 Å². The molecule has 1 amide bonds. The van der Waals surface area contributed by atoms with E-state index in [9.17, 15) is 9.59 Å². The maximum atomic E-state index is 13.1. The van der Waals surface area contributed by atoms with Crippen molar-refractivity contribution in [3.05, 3.63) is 35.9 Å². The molecular weight excluding hydrogens is 266 g/mol. The lowest BCUT2D eigenvalue weighted by Crippen LogP contribution is -2.50. The first-order valence-corrected chi connectivity index (χ1v) is 7.56. The number of aliphatic carboxylic acids is 1. The number of carbonyl (C=O) groups is 2. The van der Waals surface area contributed by atoms with Crippen molar-refractivity contribution in [1.29, 1.82) is 0 Å². The zero-order chi connectivity index (χ0) is 15.5. The predicted molar refractivity (Wildman–Crippen MR) is 81.1 cm³/mol. The van der Waals surface area contributed by atoms with E-state index in [2.05, 4.69) is 0 Å². The molecule has 0 unspecified atom stereocenters. The number of nitrogens with zero attached hydrogens (tertiary/aromatic N) is 1. The highest BCUT2D eigenvalue weighted by Gasteiger charge is 2.45. The van der Waals surface area contributed by atoms with Crippen LogP contribution in [0.25, 0.3) is 0 Å². The molecule has 0 spiro atoms. The maximum absolute atomic E-state index is 13.1. The molecule has 1 aliphatic carbocycles. The molecule has 0 bridgehead atoms. The summed E-state index contributed by atoms with van der Waals surface area (Å²) < 4.78 is 0. The van der Waals surface area contributed by atoms with Crippen LogP contribution in [0.1, 0.15) is 45.1 Å². The van der Waals surface area contributed by atoms with Gasteiger partial charge in [-0.3, -0.25) is 9.59 Å². The molecule has 0 atom stereocenters. The summed E-state index contributed by atoms with van der Waals surface area (Å²) in [5.41, 5.74) is 0.476. The standard InChI is InChI=1S/C17H23NO3/c1-13(2)18(12-15(19)20)16(21)17(10-6-7-11-17)14-8-4-3-5-9-14/h3-5,8-9,13H,6-7,10-12H2,1-2H3,(H,19,20). The van der Waals surface area contributed by atoms with Crippen LogP contribution in [0.5, 0.6) is 0 Å². The molecule has 4 nitrogen and oxygen atoms in total. The number of rotatable bonds is 5. The van der Waals surface area contributed by atoms with Crippen molar-refractivity contribution in [3.8, 4) is 0 Å². The average Bonchev–Trinajstić information content (AvgIpc) is 2.95. The molecule has 0 aromatic heterocycles. The van der Waals surface area contributed by atoms with E-state index < -0.39 is 11.4 Å². The van der Waals surface area contributed by atoms with E-state index in [1.54, 1.807) is 0 Å². The third kappa shape index (κ3) is 3.09. The molecule has 1 aliphatic rings. The molecule has 4 heteroatoms. The molecule has 0 saturated heterocycles. The second-order valence-corrected chi connectivity index (χ2v) is 6.08. The first-order valence-electron chi connectivity index (χ1n) is 7.56. The molecule has 1 aromatic carbocycles. The van der Waals surface area contributed by atoms with Crippen LogP contribution in [0.3, 0.4) is 0 Å². The predicted octanol–water partition coefficient (Wildman–Crippen LogP) is 2.82. The largest absolute Gasteiger partial charge is 0.480 e. The van der Waals surface area contributed by atoms with E-state index >= 15 is 0 Å². The number of carboxylic acid groups (broad SMARTS) is 1. The smallest absolute Gasteiger partial charge is 0.323 e. The first-order chi connectivity index (χ1) is 9.97. The van der Waals surface area contributed by atoms with Crippen molar-refractivity contribution in [2.75, 3.05) is 6.54 Å². The van der Waals surface area contributed by atoms with Crippen LogP contribution in [-0.4, -0.2) is 34.5 Å². The lowest BCUT2D eigenvalue weighted by Gasteiger charge is -2.36. The number of hydrogen-bond acceptors (Lipinski definition) is 2. The fourth-order valence-corrected chi connectivity index (χ4v) is 3.27. The van der Waals surface area contributed by atoms with Gasteiger partial charge in [-0.25, -0.2) is 0 Å². The fourth-order valence-electron chi connectivity index (χ4n) is 3.27. The van der Waals surface area contributed by atoms with Crippen LogP contribution in [0.4, 0.5) is 0 Å². The van der Waals surface area contributed by atoms with Crippen LogP contribution in [0.2, 0.25) is 0 Å². The van der Waals surface area contributed by atoms with E-state index in [1.165, 1.54) is 4.90 Å². The summed E-state index contributed by atoms with van der Waals surface area (Å²) in [7, 11) is 0. The van der Waals surface area contributed by atoms with Crippen LogP contribution < -0.4 is 0 Å². The van der Waals surface area contributed by atoms with E-state index in [0.29, 0.717) is 0 Å². The van der Waals surface area contributed by atoms with Crippen molar-refractivity contribution in [3.63, 3.8) is 0 Å². The minimum Gasteiger partial charge on any atom is -0.480 e. The van der Waals surface area contributed by atoms with Crippen LogP contribution in [0, 0.1) is 0 Å². The van der Waals surface area contributed by atoms with Gasteiger partial charge in [-0.1, -0.05) is 43.2 Å². The molecule has 1 saturated carbocycles. The zero-order valence-electron chi connectivity index (χ0n) is 12.7. The molecule has 0 heterocycles. The third-order valence-electron chi connectivity index (χ3n) is 4.38. The summed E-state index contributed by atoms with van der Waals surface area (Å²) in [6.45, 7) is 3.51. The highest BCUT2D eigenvalue weighted by Crippen LogP contribution is 2.42. The summed E-state index contributed by atoms with van der Waals surface area (Å²) in [5.74, 6) is -0.998.